The van der Waals surface area contributed by atoms with Crippen molar-refractivity contribution in [3.05, 3.63) is 57.6 Å². The first-order valence-electron chi connectivity index (χ1n) is 18.5. The van der Waals surface area contributed by atoms with Gasteiger partial charge in [0.15, 0.2) is 0 Å². The Kier molecular flexibility index (Phi) is 18.4. The van der Waals surface area contributed by atoms with Crippen molar-refractivity contribution in [3.8, 4) is 11.5 Å². The van der Waals surface area contributed by atoms with Crippen molar-refractivity contribution in [1.82, 2.24) is 0 Å². The number of aryl methyl sites for hydroxylation is 6. The number of hydrogen-bond acceptors (Lipinski definition) is 2. The van der Waals surface area contributed by atoms with Crippen molar-refractivity contribution in [2.45, 2.75) is 181 Å². The highest BCUT2D eigenvalue weighted by molar-refractivity contribution is 6.79. The normalized spacial score (nSPS) is 11.9. The molecule has 0 radical (unpaired) electrons. The van der Waals surface area contributed by atoms with Crippen LogP contribution in [0, 0.1) is 0 Å². The molecule has 0 unspecified atom stereocenters. The van der Waals surface area contributed by atoms with E-state index < -0.39 is 8.07 Å². The van der Waals surface area contributed by atoms with E-state index in [0.29, 0.717) is 11.5 Å². The molecule has 0 aromatic heterocycles. The molecule has 0 saturated heterocycles. The summed E-state index contributed by atoms with van der Waals surface area (Å²) in [7, 11) is -1.53. The lowest BCUT2D eigenvalue weighted by atomic mass is 9.96. The van der Waals surface area contributed by atoms with E-state index in [2.05, 4.69) is 65.8 Å². The summed E-state index contributed by atoms with van der Waals surface area (Å²) in [5, 5.41) is 22.2. The van der Waals surface area contributed by atoms with Gasteiger partial charge in [0, 0.05) is 0 Å². The van der Waals surface area contributed by atoms with E-state index in [-0.39, 0.29) is 0 Å². The second-order valence-corrected chi connectivity index (χ2v) is 18.6. The summed E-state index contributed by atoms with van der Waals surface area (Å²) < 4.78 is 0. The van der Waals surface area contributed by atoms with Crippen LogP contribution in [0.4, 0.5) is 0 Å². The van der Waals surface area contributed by atoms with Gasteiger partial charge in [-0.3, -0.25) is 0 Å². The van der Waals surface area contributed by atoms with Crippen molar-refractivity contribution in [2.24, 2.45) is 0 Å². The summed E-state index contributed by atoms with van der Waals surface area (Å²) in [6.45, 7) is 13.7. The van der Waals surface area contributed by atoms with Crippen LogP contribution in [0.25, 0.3) is 0 Å². The number of rotatable bonds is 24. The van der Waals surface area contributed by atoms with E-state index >= 15 is 0 Å². The van der Waals surface area contributed by atoms with Gasteiger partial charge in [-0.15, -0.1) is 0 Å². The number of unbranched alkanes of at least 4 members (excludes halogenated alkanes) is 6. The number of phenolic OH excluding ortho intramolecular Hbond substituents is 2. The summed E-state index contributed by atoms with van der Waals surface area (Å²) in [5.41, 5.74) is 7.67. The molecule has 3 heteroatoms. The SMILES string of the molecule is CCCCc1cc(CC[Si](CCCC)(CCCC)CCc2cc(CCCC)c(O)c(CCCC)c2)cc(CCCC)c1O. The molecule has 2 nitrogen and oxygen atoms in total. The fourth-order valence-electron chi connectivity index (χ4n) is 6.86. The quantitative estimate of drug-likeness (QED) is 0.116. The van der Waals surface area contributed by atoms with Crippen LogP contribution in [-0.4, -0.2) is 18.3 Å². The maximum absolute atomic E-state index is 11.1. The topological polar surface area (TPSA) is 40.5 Å². The lowest BCUT2D eigenvalue weighted by molar-refractivity contribution is 0.458. The predicted molar refractivity (Wildman–Crippen MR) is 193 cm³/mol. The third-order valence-electron chi connectivity index (χ3n) is 9.86. The zero-order chi connectivity index (χ0) is 31.5. The summed E-state index contributed by atoms with van der Waals surface area (Å²) >= 11 is 0. The van der Waals surface area contributed by atoms with Gasteiger partial charge in [-0.25, -0.2) is 0 Å². The van der Waals surface area contributed by atoms with E-state index in [1.165, 1.54) is 83.2 Å². The highest BCUT2D eigenvalue weighted by atomic mass is 28.3. The second kappa shape index (κ2) is 21.1. The highest BCUT2D eigenvalue weighted by Crippen LogP contribution is 2.36. The van der Waals surface area contributed by atoms with Crippen molar-refractivity contribution >= 4 is 8.07 Å². The summed E-state index contributed by atoms with van der Waals surface area (Å²) in [6.07, 6.45) is 20.8. The fraction of sp³-hybridized carbons (Fsp3) is 0.700. The van der Waals surface area contributed by atoms with Crippen molar-refractivity contribution in [3.63, 3.8) is 0 Å². The van der Waals surface area contributed by atoms with Crippen LogP contribution < -0.4 is 0 Å². The molecule has 0 fully saturated rings. The number of phenols is 2. The van der Waals surface area contributed by atoms with Crippen molar-refractivity contribution < 1.29 is 10.2 Å². The number of aromatic hydroxyl groups is 2. The van der Waals surface area contributed by atoms with Gasteiger partial charge in [0.1, 0.15) is 11.5 Å². The molecule has 2 aromatic rings. The minimum Gasteiger partial charge on any atom is -0.507 e. The van der Waals surface area contributed by atoms with Crippen LogP contribution in [-0.2, 0) is 38.5 Å². The first kappa shape index (κ1) is 37.4. The molecule has 0 saturated carbocycles. The standard InChI is InChI=1S/C40H68O2Si/c1-7-13-19-35-29-33(30-36(39(35)41)20-14-8-2)23-27-43(25-17-11-5,26-18-12-6)28-24-34-31-37(21-15-9-3)40(42)38(32-34)22-16-10-4/h29-32,41-42H,7-28H2,1-6H3. The maximum Gasteiger partial charge on any atom is 0.121 e. The Hall–Kier alpha value is -1.74. The molecule has 0 aliphatic carbocycles. The zero-order valence-corrected chi connectivity index (χ0v) is 30.3. The van der Waals surface area contributed by atoms with Gasteiger partial charge in [-0.05, 0) is 97.6 Å². The molecule has 43 heavy (non-hydrogen) atoms. The monoisotopic (exact) mass is 608 g/mol. The summed E-state index contributed by atoms with van der Waals surface area (Å²) in [5.74, 6) is 1.16. The van der Waals surface area contributed by atoms with Crippen LogP contribution in [0.5, 0.6) is 11.5 Å². The average Bonchev–Trinajstić information content (AvgIpc) is 3.02. The first-order valence-corrected chi connectivity index (χ1v) is 21.4. The van der Waals surface area contributed by atoms with Crippen LogP contribution >= 0.6 is 0 Å². The molecule has 0 aliphatic heterocycles. The molecule has 0 atom stereocenters. The summed E-state index contributed by atoms with van der Waals surface area (Å²) in [6, 6.07) is 15.0. The van der Waals surface area contributed by atoms with Gasteiger partial charge < -0.3 is 10.2 Å². The van der Waals surface area contributed by atoms with Crippen LogP contribution in [0.3, 0.4) is 0 Å². The molecular weight excluding hydrogens is 541 g/mol. The fourth-order valence-corrected chi connectivity index (χ4v) is 12.2. The van der Waals surface area contributed by atoms with Gasteiger partial charge in [-0.2, -0.15) is 0 Å². The first-order chi connectivity index (χ1) is 20.9. The Balaban J connectivity index is 2.38. The van der Waals surface area contributed by atoms with Gasteiger partial charge in [0.25, 0.3) is 0 Å². The minimum absolute atomic E-state index is 0.580. The summed E-state index contributed by atoms with van der Waals surface area (Å²) in [4.78, 5) is 0. The Labute approximate surface area is 268 Å². The smallest absolute Gasteiger partial charge is 0.121 e. The van der Waals surface area contributed by atoms with Crippen LogP contribution in [0.15, 0.2) is 24.3 Å². The third-order valence-corrected chi connectivity index (χ3v) is 15.3. The Bertz CT molecular complexity index is 901. The Morgan fingerprint density at radius 1 is 0.395 bits per heavy atom. The lowest BCUT2D eigenvalue weighted by Crippen LogP contribution is -2.35. The van der Waals surface area contributed by atoms with E-state index in [4.69, 9.17) is 0 Å². The molecule has 0 amide bonds. The Morgan fingerprint density at radius 3 is 0.930 bits per heavy atom. The van der Waals surface area contributed by atoms with E-state index in [1.807, 2.05) is 0 Å². The molecule has 2 aromatic carbocycles. The highest BCUT2D eigenvalue weighted by Gasteiger charge is 2.31. The predicted octanol–water partition coefficient (Wildman–Crippen LogP) is 12.3. The van der Waals surface area contributed by atoms with E-state index in [0.717, 1.165) is 89.9 Å². The molecule has 0 heterocycles. The molecular formula is C40H68O2Si. The number of hydrogen-bond donors (Lipinski definition) is 2. The van der Waals surface area contributed by atoms with Crippen LogP contribution in [0.2, 0.25) is 24.2 Å². The molecule has 0 spiro atoms. The zero-order valence-electron chi connectivity index (χ0n) is 29.3. The average molecular weight is 609 g/mol. The third kappa shape index (κ3) is 12.6. The molecule has 0 bridgehead atoms. The van der Waals surface area contributed by atoms with Crippen molar-refractivity contribution in [2.75, 3.05) is 0 Å². The minimum atomic E-state index is -1.53. The van der Waals surface area contributed by atoms with Gasteiger partial charge >= 0.3 is 0 Å². The maximum atomic E-state index is 11.1. The molecule has 2 rings (SSSR count). The molecule has 2 N–H and O–H groups in total. The lowest BCUT2D eigenvalue weighted by Gasteiger charge is -2.33. The van der Waals surface area contributed by atoms with Gasteiger partial charge in [-0.1, -0.05) is 141 Å². The van der Waals surface area contributed by atoms with Crippen LogP contribution in [0.1, 0.15) is 152 Å². The Morgan fingerprint density at radius 2 is 0.674 bits per heavy atom. The second-order valence-electron chi connectivity index (χ2n) is 13.6. The molecule has 0 aliphatic rings. The van der Waals surface area contributed by atoms with Crippen molar-refractivity contribution in [1.29, 1.82) is 0 Å². The van der Waals surface area contributed by atoms with Gasteiger partial charge in [0.05, 0.1) is 8.07 Å². The van der Waals surface area contributed by atoms with Gasteiger partial charge in [0.2, 0.25) is 0 Å². The number of benzene rings is 2. The van der Waals surface area contributed by atoms with E-state index in [1.54, 1.807) is 0 Å². The van der Waals surface area contributed by atoms with E-state index in [9.17, 15) is 10.2 Å². The molecule has 244 valence electrons. The largest absolute Gasteiger partial charge is 0.507 e.